The van der Waals surface area contributed by atoms with Crippen molar-refractivity contribution in [2.45, 2.75) is 6.04 Å². The van der Waals surface area contributed by atoms with Crippen LogP contribution >= 0.6 is 11.6 Å². The molecule has 1 N–H and O–H groups in total. The number of aliphatic hydroxyl groups is 1. The lowest BCUT2D eigenvalue weighted by Gasteiger charge is -2.25. The number of ketones is 1. The van der Waals surface area contributed by atoms with E-state index in [1.54, 1.807) is 18.2 Å². The number of hydrogen-bond acceptors (Lipinski definition) is 5. The second-order valence-corrected chi connectivity index (χ2v) is 7.19. The summed E-state index contributed by atoms with van der Waals surface area (Å²) in [6.07, 6.45) is 3.01. The molecule has 31 heavy (non-hydrogen) atoms. The van der Waals surface area contributed by atoms with Crippen molar-refractivity contribution in [2.24, 2.45) is 0 Å². The molecule has 1 aliphatic heterocycles. The molecule has 0 radical (unpaired) electrons. The number of Topliss-reactive ketones (excluding diaryl/α,β-unsaturated/α-hetero) is 1. The van der Waals surface area contributed by atoms with E-state index in [0.29, 0.717) is 11.3 Å². The van der Waals surface area contributed by atoms with Crippen molar-refractivity contribution in [3.63, 3.8) is 0 Å². The molecule has 0 saturated carbocycles. The summed E-state index contributed by atoms with van der Waals surface area (Å²) < 4.78 is 19.1. The minimum absolute atomic E-state index is 0.132. The summed E-state index contributed by atoms with van der Waals surface area (Å²) in [6, 6.07) is 12.2. The minimum Gasteiger partial charge on any atom is -0.507 e. The van der Waals surface area contributed by atoms with Crippen molar-refractivity contribution in [1.82, 2.24) is 4.98 Å². The molecule has 1 atom stereocenters. The highest BCUT2D eigenvalue weighted by Crippen LogP contribution is 2.43. The summed E-state index contributed by atoms with van der Waals surface area (Å²) in [4.78, 5) is 31.2. The number of amides is 1. The van der Waals surface area contributed by atoms with Gasteiger partial charge in [0.05, 0.1) is 23.7 Å². The molecular weight excluding hydrogens is 423 g/mol. The Hall–Kier alpha value is -3.71. The van der Waals surface area contributed by atoms with E-state index in [4.69, 9.17) is 16.3 Å². The molecule has 0 spiro atoms. The van der Waals surface area contributed by atoms with Crippen molar-refractivity contribution in [3.8, 4) is 5.75 Å². The molecule has 0 aliphatic carbocycles. The maximum absolute atomic E-state index is 13.9. The average molecular weight is 439 g/mol. The molecular formula is C23H16ClFN2O4. The van der Waals surface area contributed by atoms with Gasteiger partial charge in [-0.05, 0) is 48.0 Å². The Morgan fingerprint density at radius 1 is 1.16 bits per heavy atom. The Balaban J connectivity index is 1.97. The molecule has 3 aromatic rings. The van der Waals surface area contributed by atoms with Gasteiger partial charge in [-0.25, -0.2) is 4.39 Å². The van der Waals surface area contributed by atoms with E-state index < -0.39 is 29.3 Å². The lowest BCUT2D eigenvalue weighted by molar-refractivity contribution is -0.132. The van der Waals surface area contributed by atoms with Gasteiger partial charge in [-0.1, -0.05) is 23.7 Å². The quantitative estimate of drug-likeness (QED) is 0.368. The monoisotopic (exact) mass is 438 g/mol. The van der Waals surface area contributed by atoms with Gasteiger partial charge in [0.2, 0.25) is 0 Å². The van der Waals surface area contributed by atoms with Crippen LogP contribution < -0.4 is 9.64 Å². The van der Waals surface area contributed by atoms with Gasteiger partial charge in [-0.3, -0.25) is 19.5 Å². The number of hydrogen-bond donors (Lipinski definition) is 1. The third-order valence-electron chi connectivity index (χ3n) is 4.96. The summed E-state index contributed by atoms with van der Waals surface area (Å²) in [7, 11) is 1.45. The number of anilines is 1. The van der Waals surface area contributed by atoms with Crippen LogP contribution in [0.15, 0.2) is 72.6 Å². The predicted octanol–water partition coefficient (Wildman–Crippen LogP) is 4.51. The fraction of sp³-hybridized carbons (Fsp3) is 0.0870. The molecule has 0 bridgehead atoms. The maximum atomic E-state index is 13.9. The van der Waals surface area contributed by atoms with E-state index in [-0.39, 0.29) is 21.8 Å². The van der Waals surface area contributed by atoms with Crippen LogP contribution in [-0.2, 0) is 9.59 Å². The Morgan fingerprint density at radius 3 is 2.65 bits per heavy atom. The molecule has 6 nitrogen and oxygen atoms in total. The summed E-state index contributed by atoms with van der Waals surface area (Å²) >= 11 is 6.26. The third-order valence-corrected chi connectivity index (χ3v) is 5.29. The molecule has 8 heteroatoms. The van der Waals surface area contributed by atoms with Crippen LogP contribution in [0.3, 0.4) is 0 Å². The zero-order valence-electron chi connectivity index (χ0n) is 16.3. The van der Waals surface area contributed by atoms with Gasteiger partial charge in [0, 0.05) is 23.6 Å². The van der Waals surface area contributed by atoms with Crippen molar-refractivity contribution < 1.29 is 23.8 Å². The largest absolute Gasteiger partial charge is 0.507 e. The van der Waals surface area contributed by atoms with Crippen molar-refractivity contribution in [2.75, 3.05) is 12.0 Å². The molecule has 4 rings (SSSR count). The van der Waals surface area contributed by atoms with Crippen molar-refractivity contribution >= 4 is 34.7 Å². The smallest absolute Gasteiger partial charge is 0.300 e. The second-order valence-electron chi connectivity index (χ2n) is 6.78. The molecule has 1 aliphatic rings. The van der Waals surface area contributed by atoms with Gasteiger partial charge in [0.15, 0.2) is 0 Å². The van der Waals surface area contributed by atoms with Crippen LogP contribution in [-0.4, -0.2) is 28.9 Å². The van der Waals surface area contributed by atoms with Crippen LogP contribution in [0.5, 0.6) is 5.75 Å². The number of carbonyl (C=O) groups excluding carboxylic acids is 2. The van der Waals surface area contributed by atoms with Crippen LogP contribution in [0.1, 0.15) is 17.2 Å². The van der Waals surface area contributed by atoms with Gasteiger partial charge in [0.1, 0.15) is 17.3 Å². The van der Waals surface area contributed by atoms with Crippen molar-refractivity contribution in [1.29, 1.82) is 0 Å². The minimum atomic E-state index is -1.03. The zero-order valence-corrected chi connectivity index (χ0v) is 17.0. The summed E-state index contributed by atoms with van der Waals surface area (Å²) in [5, 5.41) is 11.3. The molecule has 1 amide bonds. The van der Waals surface area contributed by atoms with E-state index >= 15 is 0 Å². The Kier molecular flexibility index (Phi) is 5.44. The fourth-order valence-corrected chi connectivity index (χ4v) is 3.74. The number of pyridine rings is 1. The second kappa shape index (κ2) is 8.20. The fourth-order valence-electron chi connectivity index (χ4n) is 3.54. The SMILES string of the molecule is COc1ccc(Cl)c(/C(O)=C2\C(=O)C(=O)N(c3cccc(F)c3)C2c2cccnc2)c1. The topological polar surface area (TPSA) is 79.7 Å². The lowest BCUT2D eigenvalue weighted by Crippen LogP contribution is -2.29. The first-order chi connectivity index (χ1) is 14.9. The molecule has 1 saturated heterocycles. The van der Waals surface area contributed by atoms with Crippen LogP contribution in [0.25, 0.3) is 5.76 Å². The Bertz CT molecular complexity index is 1210. The van der Waals surface area contributed by atoms with E-state index in [2.05, 4.69) is 4.98 Å². The van der Waals surface area contributed by atoms with E-state index in [1.165, 1.54) is 49.8 Å². The van der Waals surface area contributed by atoms with Gasteiger partial charge in [-0.2, -0.15) is 0 Å². The maximum Gasteiger partial charge on any atom is 0.300 e. The van der Waals surface area contributed by atoms with E-state index in [0.717, 1.165) is 11.0 Å². The number of carbonyl (C=O) groups is 2. The van der Waals surface area contributed by atoms with Gasteiger partial charge in [0.25, 0.3) is 11.7 Å². The number of rotatable bonds is 4. The average Bonchev–Trinajstić information content (AvgIpc) is 3.05. The first-order valence-electron chi connectivity index (χ1n) is 9.22. The first-order valence-corrected chi connectivity index (χ1v) is 9.60. The standard InChI is InChI=1S/C23H16ClFN2O4/c1-31-16-7-8-18(24)17(11-16)21(28)19-20(13-4-3-9-26-12-13)27(23(30)22(19)29)15-6-2-5-14(25)10-15/h2-12,20,28H,1H3/b21-19+. The normalized spacial score (nSPS) is 17.8. The van der Waals surface area contributed by atoms with Gasteiger partial charge < -0.3 is 9.84 Å². The summed E-state index contributed by atoms with van der Waals surface area (Å²) in [5.41, 5.74) is 0.586. The van der Waals surface area contributed by atoms with Crippen LogP contribution in [0.2, 0.25) is 5.02 Å². The van der Waals surface area contributed by atoms with Crippen LogP contribution in [0.4, 0.5) is 10.1 Å². The van der Waals surface area contributed by atoms with E-state index in [1.807, 2.05) is 0 Å². The highest BCUT2D eigenvalue weighted by molar-refractivity contribution is 6.52. The lowest BCUT2D eigenvalue weighted by atomic mass is 9.96. The zero-order chi connectivity index (χ0) is 22.1. The number of aromatic nitrogens is 1. The molecule has 2 aromatic carbocycles. The molecule has 156 valence electrons. The molecule has 1 unspecified atom stereocenters. The number of ether oxygens (including phenoxy) is 1. The molecule has 1 aromatic heterocycles. The highest BCUT2D eigenvalue weighted by atomic mass is 35.5. The first kappa shape index (κ1) is 20.6. The Morgan fingerprint density at radius 2 is 1.97 bits per heavy atom. The molecule has 1 fully saturated rings. The number of nitrogens with zero attached hydrogens (tertiary/aromatic N) is 2. The van der Waals surface area contributed by atoms with Crippen molar-refractivity contribution in [3.05, 3.63) is 94.5 Å². The third kappa shape index (κ3) is 3.64. The summed E-state index contributed by atoms with van der Waals surface area (Å²) in [6.45, 7) is 0. The highest BCUT2D eigenvalue weighted by Gasteiger charge is 2.47. The van der Waals surface area contributed by atoms with Gasteiger partial charge in [-0.15, -0.1) is 0 Å². The predicted molar refractivity (Wildman–Crippen MR) is 113 cm³/mol. The molecule has 2 heterocycles. The number of aliphatic hydroxyl groups excluding tert-OH is 1. The number of benzene rings is 2. The summed E-state index contributed by atoms with van der Waals surface area (Å²) in [5.74, 6) is -2.45. The number of methoxy groups -OCH3 is 1. The number of halogens is 2. The van der Waals surface area contributed by atoms with Gasteiger partial charge >= 0.3 is 0 Å². The van der Waals surface area contributed by atoms with E-state index in [9.17, 15) is 19.1 Å². The Labute approximate surface area is 182 Å². The van der Waals surface area contributed by atoms with Crippen LogP contribution in [0, 0.1) is 5.82 Å².